The van der Waals surface area contributed by atoms with E-state index in [9.17, 15) is 5.11 Å². The van der Waals surface area contributed by atoms with Crippen LogP contribution in [0.25, 0.3) is 0 Å². The Morgan fingerprint density at radius 3 is 2.77 bits per heavy atom. The number of rotatable bonds is 5. The molecule has 3 heteroatoms. The molecular weight excluding hydrogens is 166 g/mol. The molecule has 0 aromatic carbocycles. The van der Waals surface area contributed by atoms with Crippen LogP contribution in [0.3, 0.4) is 0 Å². The molecule has 0 saturated heterocycles. The molecule has 1 fully saturated rings. The first-order chi connectivity index (χ1) is 6.24. The quantitative estimate of drug-likeness (QED) is 0.648. The molecular formula is C10H21NO2. The van der Waals surface area contributed by atoms with Crippen molar-refractivity contribution in [2.75, 3.05) is 26.8 Å². The summed E-state index contributed by atoms with van der Waals surface area (Å²) in [5, 5.41) is 9.36. The molecule has 2 atom stereocenters. The van der Waals surface area contributed by atoms with E-state index in [0.717, 1.165) is 39.0 Å². The second-order valence-electron chi connectivity index (χ2n) is 3.80. The minimum atomic E-state index is -0.0699. The zero-order valence-electron chi connectivity index (χ0n) is 8.70. The number of hydrogen-bond donors (Lipinski definition) is 1. The van der Waals surface area contributed by atoms with E-state index in [4.69, 9.17) is 4.74 Å². The molecule has 1 rings (SSSR count). The standard InChI is InChI=1S/C10H21NO2/c1-3-13-7-6-11(2)9-4-5-10(12)8-9/h9-10,12H,3-8H2,1-2H3. The Hall–Kier alpha value is -0.120. The van der Waals surface area contributed by atoms with Gasteiger partial charge in [0.15, 0.2) is 0 Å². The minimum Gasteiger partial charge on any atom is -0.393 e. The lowest BCUT2D eigenvalue weighted by atomic mass is 10.2. The van der Waals surface area contributed by atoms with Gasteiger partial charge >= 0.3 is 0 Å². The van der Waals surface area contributed by atoms with Gasteiger partial charge in [-0.1, -0.05) is 0 Å². The molecule has 0 radical (unpaired) electrons. The predicted octanol–water partition coefficient (Wildman–Crippen LogP) is 0.868. The zero-order chi connectivity index (χ0) is 9.68. The molecule has 1 aliphatic carbocycles. The summed E-state index contributed by atoms with van der Waals surface area (Å²) >= 11 is 0. The van der Waals surface area contributed by atoms with Gasteiger partial charge in [0.05, 0.1) is 12.7 Å². The molecule has 1 saturated carbocycles. The van der Waals surface area contributed by atoms with Crippen LogP contribution in [0.2, 0.25) is 0 Å². The average Bonchev–Trinajstić information content (AvgIpc) is 2.52. The van der Waals surface area contributed by atoms with Crippen molar-refractivity contribution in [1.82, 2.24) is 4.90 Å². The van der Waals surface area contributed by atoms with Gasteiger partial charge in [-0.25, -0.2) is 0 Å². The molecule has 2 unspecified atom stereocenters. The van der Waals surface area contributed by atoms with E-state index in [1.165, 1.54) is 0 Å². The Labute approximate surface area is 80.7 Å². The molecule has 1 N–H and O–H groups in total. The lowest BCUT2D eigenvalue weighted by molar-refractivity contribution is 0.102. The number of nitrogens with zero attached hydrogens (tertiary/aromatic N) is 1. The van der Waals surface area contributed by atoms with E-state index in [-0.39, 0.29) is 6.10 Å². The van der Waals surface area contributed by atoms with Crippen molar-refractivity contribution < 1.29 is 9.84 Å². The van der Waals surface area contributed by atoms with Crippen LogP contribution < -0.4 is 0 Å². The molecule has 78 valence electrons. The van der Waals surface area contributed by atoms with Gasteiger partial charge in [0.1, 0.15) is 0 Å². The van der Waals surface area contributed by atoms with Crippen molar-refractivity contribution in [2.24, 2.45) is 0 Å². The van der Waals surface area contributed by atoms with Crippen molar-refractivity contribution in [1.29, 1.82) is 0 Å². The van der Waals surface area contributed by atoms with Crippen LogP contribution >= 0.6 is 0 Å². The normalized spacial score (nSPS) is 28.6. The summed E-state index contributed by atoms with van der Waals surface area (Å²) < 4.78 is 5.29. The first kappa shape index (κ1) is 11.0. The third-order valence-electron chi connectivity index (χ3n) is 2.79. The van der Waals surface area contributed by atoms with E-state index in [1.807, 2.05) is 6.92 Å². The topological polar surface area (TPSA) is 32.7 Å². The number of hydrogen-bond acceptors (Lipinski definition) is 3. The Morgan fingerprint density at radius 2 is 2.23 bits per heavy atom. The lowest BCUT2D eigenvalue weighted by Gasteiger charge is -2.23. The summed E-state index contributed by atoms with van der Waals surface area (Å²) in [4.78, 5) is 2.30. The van der Waals surface area contributed by atoms with Crippen molar-refractivity contribution >= 4 is 0 Å². The van der Waals surface area contributed by atoms with E-state index in [1.54, 1.807) is 0 Å². The van der Waals surface area contributed by atoms with Gasteiger partial charge < -0.3 is 14.7 Å². The van der Waals surface area contributed by atoms with Gasteiger partial charge in [0, 0.05) is 19.2 Å². The van der Waals surface area contributed by atoms with Crippen LogP contribution in [0.4, 0.5) is 0 Å². The number of ether oxygens (including phenoxy) is 1. The van der Waals surface area contributed by atoms with Gasteiger partial charge in [-0.05, 0) is 33.2 Å². The van der Waals surface area contributed by atoms with Crippen molar-refractivity contribution in [3.8, 4) is 0 Å². The Kier molecular flexibility index (Phi) is 4.70. The van der Waals surface area contributed by atoms with Crippen molar-refractivity contribution in [2.45, 2.75) is 38.3 Å². The van der Waals surface area contributed by atoms with Crippen LogP contribution in [-0.4, -0.2) is 49.0 Å². The smallest absolute Gasteiger partial charge is 0.0593 e. The van der Waals surface area contributed by atoms with Gasteiger partial charge in [-0.2, -0.15) is 0 Å². The fourth-order valence-corrected chi connectivity index (χ4v) is 1.87. The number of aliphatic hydroxyl groups excluding tert-OH is 1. The first-order valence-electron chi connectivity index (χ1n) is 5.20. The van der Waals surface area contributed by atoms with Gasteiger partial charge in [-0.15, -0.1) is 0 Å². The first-order valence-corrected chi connectivity index (χ1v) is 5.20. The van der Waals surface area contributed by atoms with Crippen LogP contribution in [0.1, 0.15) is 26.2 Å². The summed E-state index contributed by atoms with van der Waals surface area (Å²) in [5.41, 5.74) is 0. The summed E-state index contributed by atoms with van der Waals surface area (Å²) in [6, 6.07) is 0.565. The third-order valence-corrected chi connectivity index (χ3v) is 2.79. The Bertz CT molecular complexity index is 141. The molecule has 0 amide bonds. The summed E-state index contributed by atoms with van der Waals surface area (Å²) in [7, 11) is 2.11. The molecule has 0 aliphatic heterocycles. The monoisotopic (exact) mass is 187 g/mol. The molecule has 13 heavy (non-hydrogen) atoms. The molecule has 0 aromatic heterocycles. The van der Waals surface area contributed by atoms with E-state index in [2.05, 4.69) is 11.9 Å². The molecule has 1 aliphatic rings. The largest absolute Gasteiger partial charge is 0.393 e. The second kappa shape index (κ2) is 5.58. The Morgan fingerprint density at radius 1 is 1.46 bits per heavy atom. The SMILES string of the molecule is CCOCCN(C)C1CCC(O)C1. The summed E-state index contributed by atoms with van der Waals surface area (Å²) in [5.74, 6) is 0. The van der Waals surface area contributed by atoms with Crippen LogP contribution in [-0.2, 0) is 4.74 Å². The maximum absolute atomic E-state index is 9.36. The lowest BCUT2D eigenvalue weighted by Crippen LogP contribution is -2.32. The van der Waals surface area contributed by atoms with Gasteiger partial charge in [0.2, 0.25) is 0 Å². The Balaban J connectivity index is 2.12. The highest BCUT2D eigenvalue weighted by atomic mass is 16.5. The molecule has 0 bridgehead atoms. The average molecular weight is 187 g/mol. The van der Waals surface area contributed by atoms with Crippen molar-refractivity contribution in [3.05, 3.63) is 0 Å². The minimum absolute atomic E-state index is 0.0699. The highest BCUT2D eigenvalue weighted by molar-refractivity contribution is 4.80. The third kappa shape index (κ3) is 3.63. The van der Waals surface area contributed by atoms with Crippen LogP contribution in [0, 0.1) is 0 Å². The van der Waals surface area contributed by atoms with E-state index >= 15 is 0 Å². The van der Waals surface area contributed by atoms with Crippen LogP contribution in [0.15, 0.2) is 0 Å². The van der Waals surface area contributed by atoms with Gasteiger partial charge in [-0.3, -0.25) is 0 Å². The maximum atomic E-state index is 9.36. The summed E-state index contributed by atoms with van der Waals surface area (Å²) in [6.07, 6.45) is 2.95. The van der Waals surface area contributed by atoms with Crippen molar-refractivity contribution in [3.63, 3.8) is 0 Å². The molecule has 3 nitrogen and oxygen atoms in total. The molecule has 0 heterocycles. The maximum Gasteiger partial charge on any atom is 0.0593 e. The number of aliphatic hydroxyl groups is 1. The predicted molar refractivity (Wildman–Crippen MR) is 52.8 cm³/mol. The molecule has 0 spiro atoms. The van der Waals surface area contributed by atoms with E-state index in [0.29, 0.717) is 6.04 Å². The zero-order valence-corrected chi connectivity index (χ0v) is 8.70. The fraction of sp³-hybridized carbons (Fsp3) is 1.00. The molecule has 0 aromatic rings. The van der Waals surface area contributed by atoms with Crippen LogP contribution in [0.5, 0.6) is 0 Å². The van der Waals surface area contributed by atoms with E-state index < -0.39 is 0 Å². The number of likely N-dealkylation sites (N-methyl/N-ethyl adjacent to an activating group) is 1. The highest BCUT2D eigenvalue weighted by Gasteiger charge is 2.25. The second-order valence-corrected chi connectivity index (χ2v) is 3.80. The summed E-state index contributed by atoms with van der Waals surface area (Å²) in [6.45, 7) is 4.59. The fourth-order valence-electron chi connectivity index (χ4n) is 1.87. The van der Waals surface area contributed by atoms with Gasteiger partial charge in [0.25, 0.3) is 0 Å². The highest BCUT2D eigenvalue weighted by Crippen LogP contribution is 2.22.